The molecule has 0 bridgehead atoms. The van der Waals surface area contributed by atoms with E-state index in [0.29, 0.717) is 19.7 Å². The van der Waals surface area contributed by atoms with E-state index in [0.717, 1.165) is 17.7 Å². The molecule has 114 valence electrons. The molecule has 2 N–H and O–H groups in total. The van der Waals surface area contributed by atoms with Crippen LogP contribution >= 0.6 is 0 Å². The second-order valence-electron chi connectivity index (χ2n) is 5.14. The Morgan fingerprint density at radius 1 is 1.38 bits per heavy atom. The minimum atomic E-state index is -0.273. The number of hydrogen-bond donors (Lipinski definition) is 2. The van der Waals surface area contributed by atoms with Gasteiger partial charge in [0.15, 0.2) is 0 Å². The maximum atomic E-state index is 11.7. The number of carbonyl (C=O) groups excluding carboxylic acids is 2. The number of urea groups is 1. The number of cyclic esters (lactones) is 1. The summed E-state index contributed by atoms with van der Waals surface area (Å²) in [6.07, 6.45) is 0.614. The molecular formula is C15H21N3O3. The third kappa shape index (κ3) is 4.37. The number of hydrogen-bond acceptors (Lipinski definition) is 3. The van der Waals surface area contributed by atoms with Crippen LogP contribution in [0.2, 0.25) is 0 Å². The van der Waals surface area contributed by atoms with Crippen molar-refractivity contribution in [2.45, 2.75) is 32.9 Å². The lowest BCUT2D eigenvalue weighted by atomic mass is 10.2. The molecule has 0 aliphatic carbocycles. The normalized spacial score (nSPS) is 15.5. The van der Waals surface area contributed by atoms with Crippen LogP contribution in [0.15, 0.2) is 24.3 Å². The highest BCUT2D eigenvalue weighted by Gasteiger charge is 2.21. The van der Waals surface area contributed by atoms with Crippen LogP contribution in [0.3, 0.4) is 0 Å². The Morgan fingerprint density at radius 3 is 2.67 bits per heavy atom. The Hall–Kier alpha value is -2.24. The Kier molecular flexibility index (Phi) is 5.03. The van der Waals surface area contributed by atoms with E-state index in [1.54, 1.807) is 4.90 Å². The fourth-order valence-corrected chi connectivity index (χ4v) is 1.98. The predicted octanol–water partition coefficient (Wildman–Crippen LogP) is 2.56. The third-order valence-electron chi connectivity index (χ3n) is 3.42. The van der Waals surface area contributed by atoms with E-state index in [1.165, 1.54) is 0 Å². The molecule has 0 saturated carbocycles. The molecular weight excluding hydrogens is 270 g/mol. The highest BCUT2D eigenvalue weighted by Crippen LogP contribution is 2.14. The van der Waals surface area contributed by atoms with Gasteiger partial charge in [-0.2, -0.15) is 0 Å². The van der Waals surface area contributed by atoms with Gasteiger partial charge in [-0.15, -0.1) is 0 Å². The molecule has 3 amide bonds. The second-order valence-corrected chi connectivity index (χ2v) is 5.14. The van der Waals surface area contributed by atoms with Gasteiger partial charge in [0.05, 0.1) is 6.54 Å². The van der Waals surface area contributed by atoms with Crippen LogP contribution in [-0.2, 0) is 11.3 Å². The van der Waals surface area contributed by atoms with E-state index in [2.05, 4.69) is 10.6 Å². The molecule has 0 spiro atoms. The number of nitrogens with one attached hydrogen (secondary N) is 2. The van der Waals surface area contributed by atoms with Crippen LogP contribution in [0.5, 0.6) is 0 Å². The lowest BCUT2D eigenvalue weighted by Gasteiger charge is -2.14. The van der Waals surface area contributed by atoms with Crippen LogP contribution < -0.4 is 10.6 Å². The summed E-state index contributed by atoms with van der Waals surface area (Å²) in [5, 5.41) is 5.62. The predicted molar refractivity (Wildman–Crippen MR) is 80.1 cm³/mol. The van der Waals surface area contributed by atoms with Gasteiger partial charge in [-0.25, -0.2) is 9.59 Å². The topological polar surface area (TPSA) is 70.7 Å². The number of benzene rings is 1. The first-order chi connectivity index (χ1) is 10.1. The minimum absolute atomic E-state index is 0.144. The van der Waals surface area contributed by atoms with Crippen LogP contribution in [0.4, 0.5) is 15.3 Å². The van der Waals surface area contributed by atoms with Gasteiger partial charge >= 0.3 is 12.1 Å². The smallest absolute Gasteiger partial charge is 0.410 e. The maximum Gasteiger partial charge on any atom is 0.410 e. The summed E-state index contributed by atoms with van der Waals surface area (Å²) in [5.41, 5.74) is 1.73. The van der Waals surface area contributed by atoms with E-state index in [9.17, 15) is 9.59 Å². The van der Waals surface area contributed by atoms with Crippen LogP contribution in [-0.4, -0.2) is 36.2 Å². The van der Waals surface area contributed by atoms with Gasteiger partial charge in [-0.3, -0.25) is 0 Å². The summed E-state index contributed by atoms with van der Waals surface area (Å²) >= 11 is 0. The zero-order valence-electron chi connectivity index (χ0n) is 12.4. The van der Waals surface area contributed by atoms with E-state index in [-0.39, 0.29) is 18.2 Å². The lowest BCUT2D eigenvalue weighted by molar-refractivity contribution is 0.157. The fourth-order valence-electron chi connectivity index (χ4n) is 1.98. The van der Waals surface area contributed by atoms with Crippen molar-refractivity contribution in [1.29, 1.82) is 0 Å². The molecule has 1 heterocycles. The van der Waals surface area contributed by atoms with Gasteiger partial charge in [0.2, 0.25) is 0 Å². The average molecular weight is 291 g/mol. The van der Waals surface area contributed by atoms with Gasteiger partial charge in [-0.05, 0) is 31.0 Å². The number of amides is 3. The molecule has 1 fully saturated rings. The summed E-state index contributed by atoms with van der Waals surface area (Å²) in [5.74, 6) is 0. The number of anilines is 1. The van der Waals surface area contributed by atoms with Crippen LogP contribution in [0.25, 0.3) is 0 Å². The van der Waals surface area contributed by atoms with Crippen molar-refractivity contribution in [1.82, 2.24) is 10.2 Å². The first kappa shape index (κ1) is 15.2. The molecule has 1 saturated heterocycles. The SMILES string of the molecule is CC[C@@H](C)NC(=O)Nc1ccc(CN2CCOC2=O)cc1. The summed E-state index contributed by atoms with van der Waals surface area (Å²) in [6.45, 7) is 5.57. The van der Waals surface area contributed by atoms with E-state index < -0.39 is 0 Å². The second kappa shape index (κ2) is 6.97. The number of nitrogens with zero attached hydrogens (tertiary/aromatic N) is 1. The molecule has 6 heteroatoms. The summed E-state index contributed by atoms with van der Waals surface area (Å²) in [6, 6.07) is 7.38. The standard InChI is InChI=1S/C15H21N3O3/c1-3-11(2)16-14(19)17-13-6-4-12(5-7-13)10-18-8-9-21-15(18)20/h4-7,11H,3,8-10H2,1-2H3,(H2,16,17,19)/t11-/m1/s1. The molecule has 21 heavy (non-hydrogen) atoms. The van der Waals surface area contributed by atoms with Gasteiger partial charge in [0, 0.05) is 18.3 Å². The zero-order valence-corrected chi connectivity index (χ0v) is 12.4. The van der Waals surface area contributed by atoms with Crippen LogP contribution in [0.1, 0.15) is 25.8 Å². The molecule has 1 aliphatic rings. The van der Waals surface area contributed by atoms with Crippen molar-refractivity contribution >= 4 is 17.8 Å². The average Bonchev–Trinajstić information content (AvgIpc) is 2.86. The largest absolute Gasteiger partial charge is 0.448 e. The Bertz CT molecular complexity index is 501. The lowest BCUT2D eigenvalue weighted by Crippen LogP contribution is -2.35. The first-order valence-corrected chi connectivity index (χ1v) is 7.16. The van der Waals surface area contributed by atoms with Crippen molar-refractivity contribution in [3.8, 4) is 0 Å². The molecule has 1 aromatic rings. The number of ether oxygens (including phenoxy) is 1. The number of rotatable bonds is 5. The summed E-state index contributed by atoms with van der Waals surface area (Å²) in [4.78, 5) is 24.7. The van der Waals surface area contributed by atoms with Crippen LogP contribution in [0, 0.1) is 0 Å². The highest BCUT2D eigenvalue weighted by molar-refractivity contribution is 5.89. The highest BCUT2D eigenvalue weighted by atomic mass is 16.6. The Balaban J connectivity index is 1.87. The first-order valence-electron chi connectivity index (χ1n) is 7.16. The molecule has 1 aromatic carbocycles. The maximum absolute atomic E-state index is 11.7. The monoisotopic (exact) mass is 291 g/mol. The molecule has 1 aliphatic heterocycles. The Labute approximate surface area is 124 Å². The van der Waals surface area contributed by atoms with E-state index in [4.69, 9.17) is 4.74 Å². The molecule has 2 rings (SSSR count). The summed E-state index contributed by atoms with van der Waals surface area (Å²) < 4.78 is 4.88. The van der Waals surface area contributed by atoms with Gasteiger partial charge in [0.25, 0.3) is 0 Å². The molecule has 0 aromatic heterocycles. The summed E-state index contributed by atoms with van der Waals surface area (Å²) in [7, 11) is 0. The third-order valence-corrected chi connectivity index (χ3v) is 3.42. The fraction of sp³-hybridized carbons (Fsp3) is 0.467. The van der Waals surface area contributed by atoms with Crippen molar-refractivity contribution in [2.75, 3.05) is 18.5 Å². The molecule has 0 radical (unpaired) electrons. The molecule has 1 atom stereocenters. The van der Waals surface area contributed by atoms with Gasteiger partial charge in [-0.1, -0.05) is 19.1 Å². The van der Waals surface area contributed by atoms with Crippen molar-refractivity contribution in [3.05, 3.63) is 29.8 Å². The number of carbonyl (C=O) groups is 2. The molecule has 6 nitrogen and oxygen atoms in total. The minimum Gasteiger partial charge on any atom is -0.448 e. The molecule has 0 unspecified atom stereocenters. The van der Waals surface area contributed by atoms with E-state index >= 15 is 0 Å². The Morgan fingerprint density at radius 2 is 2.10 bits per heavy atom. The van der Waals surface area contributed by atoms with Gasteiger partial charge in [0.1, 0.15) is 6.61 Å². The quantitative estimate of drug-likeness (QED) is 0.876. The van der Waals surface area contributed by atoms with Gasteiger partial charge < -0.3 is 20.3 Å². The van der Waals surface area contributed by atoms with Crippen molar-refractivity contribution in [3.63, 3.8) is 0 Å². The van der Waals surface area contributed by atoms with Crippen molar-refractivity contribution in [2.24, 2.45) is 0 Å². The van der Waals surface area contributed by atoms with Crippen molar-refractivity contribution < 1.29 is 14.3 Å². The zero-order chi connectivity index (χ0) is 15.2. The van der Waals surface area contributed by atoms with E-state index in [1.807, 2.05) is 38.1 Å².